The number of carbonyl (C=O) groups is 1. The second kappa shape index (κ2) is 6.37. The van der Waals surface area contributed by atoms with Crippen LogP contribution in [0.4, 0.5) is 0 Å². The van der Waals surface area contributed by atoms with E-state index in [1.807, 2.05) is 27.7 Å². The Morgan fingerprint density at radius 1 is 1.35 bits per heavy atom. The van der Waals surface area contributed by atoms with Gasteiger partial charge in [0.1, 0.15) is 0 Å². The van der Waals surface area contributed by atoms with Crippen molar-refractivity contribution in [3.8, 4) is 0 Å². The van der Waals surface area contributed by atoms with E-state index < -0.39 is 10.0 Å². The topological polar surface area (TPSA) is 80.5 Å². The fraction of sp³-hybridized carbons (Fsp3) is 0.500. The van der Waals surface area contributed by atoms with Gasteiger partial charge in [0, 0.05) is 13.1 Å². The summed E-state index contributed by atoms with van der Waals surface area (Å²) in [5, 5.41) is 5.19. The number of aryl methyl sites for hydroxylation is 1. The first-order valence-corrected chi connectivity index (χ1v) is 8.14. The van der Waals surface area contributed by atoms with Gasteiger partial charge in [-0.3, -0.25) is 4.79 Å². The Morgan fingerprint density at radius 2 is 1.95 bits per heavy atom. The molecule has 1 rings (SSSR count). The average molecular weight is 298 g/mol. The zero-order valence-electron chi connectivity index (χ0n) is 12.4. The van der Waals surface area contributed by atoms with Crippen LogP contribution < -0.4 is 5.14 Å². The Kier molecular flexibility index (Phi) is 5.30. The number of nitrogens with two attached hydrogens (primary N) is 1. The summed E-state index contributed by atoms with van der Waals surface area (Å²) in [4.78, 5) is 14.1. The molecule has 2 N–H and O–H groups in total. The Labute approximate surface area is 120 Å². The number of primary sulfonamides is 1. The highest BCUT2D eigenvalue weighted by Crippen LogP contribution is 2.19. The molecule has 1 amide bonds. The molecular weight excluding hydrogens is 276 g/mol. The maximum atomic E-state index is 12.5. The third kappa shape index (κ3) is 4.05. The summed E-state index contributed by atoms with van der Waals surface area (Å²) in [6.07, 6.45) is 0. The van der Waals surface area contributed by atoms with Crippen LogP contribution in [0.25, 0.3) is 0 Å². The summed E-state index contributed by atoms with van der Waals surface area (Å²) >= 11 is 0. The van der Waals surface area contributed by atoms with Crippen LogP contribution >= 0.6 is 0 Å². The minimum absolute atomic E-state index is 0.115. The zero-order valence-corrected chi connectivity index (χ0v) is 13.2. The molecule has 0 saturated carbocycles. The largest absolute Gasteiger partial charge is 0.339 e. The standard InChI is InChI=1S/C14H22N2O3S/c1-5-16(9-10(2)3)14(17)12-8-11(4)6-7-13(12)20(15,18)19/h6-8,10H,5,9H2,1-4H3,(H2,15,18,19). The SMILES string of the molecule is CCN(CC(C)C)C(=O)c1cc(C)ccc1S(N)(=O)=O. The maximum absolute atomic E-state index is 12.5. The predicted molar refractivity (Wildman–Crippen MR) is 79.0 cm³/mol. The first-order chi connectivity index (χ1) is 9.16. The third-order valence-corrected chi connectivity index (χ3v) is 3.90. The van der Waals surface area contributed by atoms with Crippen LogP contribution in [0.3, 0.4) is 0 Å². The fourth-order valence-corrected chi connectivity index (χ4v) is 2.74. The third-order valence-electron chi connectivity index (χ3n) is 2.93. The molecule has 0 saturated heterocycles. The predicted octanol–water partition coefficient (Wildman–Crippen LogP) is 1.76. The van der Waals surface area contributed by atoms with Crippen LogP contribution in [0.2, 0.25) is 0 Å². The minimum Gasteiger partial charge on any atom is -0.339 e. The minimum atomic E-state index is -3.91. The van der Waals surface area contributed by atoms with E-state index in [1.54, 1.807) is 17.0 Å². The molecule has 6 heteroatoms. The first-order valence-electron chi connectivity index (χ1n) is 6.59. The molecule has 0 aliphatic heterocycles. The van der Waals surface area contributed by atoms with E-state index in [4.69, 9.17) is 5.14 Å². The van der Waals surface area contributed by atoms with Gasteiger partial charge in [0.2, 0.25) is 10.0 Å². The summed E-state index contributed by atoms with van der Waals surface area (Å²) in [6.45, 7) is 8.79. The number of sulfonamides is 1. The Bertz CT molecular complexity index is 594. The fourth-order valence-electron chi connectivity index (χ4n) is 2.03. The van der Waals surface area contributed by atoms with Crippen LogP contribution in [0.5, 0.6) is 0 Å². The van der Waals surface area contributed by atoms with E-state index in [0.717, 1.165) is 5.56 Å². The molecule has 0 bridgehead atoms. The Balaban J connectivity index is 3.30. The molecule has 0 unspecified atom stereocenters. The van der Waals surface area contributed by atoms with Gasteiger partial charge in [-0.1, -0.05) is 25.5 Å². The summed E-state index contributed by atoms with van der Waals surface area (Å²) < 4.78 is 23.2. The van der Waals surface area contributed by atoms with Gasteiger partial charge in [0.05, 0.1) is 10.5 Å². The van der Waals surface area contributed by atoms with Crippen molar-refractivity contribution in [3.05, 3.63) is 29.3 Å². The molecule has 20 heavy (non-hydrogen) atoms. The summed E-state index contributed by atoms with van der Waals surface area (Å²) in [5.41, 5.74) is 0.969. The van der Waals surface area contributed by atoms with Crippen LogP contribution in [-0.2, 0) is 10.0 Å². The van der Waals surface area contributed by atoms with Gasteiger partial charge >= 0.3 is 0 Å². The van der Waals surface area contributed by atoms with E-state index >= 15 is 0 Å². The van der Waals surface area contributed by atoms with E-state index in [9.17, 15) is 13.2 Å². The van der Waals surface area contributed by atoms with Crippen molar-refractivity contribution in [3.63, 3.8) is 0 Å². The second-order valence-electron chi connectivity index (χ2n) is 5.28. The molecule has 1 aromatic carbocycles. The average Bonchev–Trinajstić information content (AvgIpc) is 2.33. The highest BCUT2D eigenvalue weighted by Gasteiger charge is 2.23. The van der Waals surface area contributed by atoms with Crippen molar-refractivity contribution in [2.45, 2.75) is 32.6 Å². The van der Waals surface area contributed by atoms with Crippen LogP contribution in [0.15, 0.2) is 23.1 Å². The number of hydrogen-bond donors (Lipinski definition) is 1. The van der Waals surface area contributed by atoms with E-state index in [-0.39, 0.29) is 16.4 Å². The summed E-state index contributed by atoms with van der Waals surface area (Å²) in [7, 11) is -3.91. The number of amides is 1. The summed E-state index contributed by atoms with van der Waals surface area (Å²) in [6, 6.07) is 4.60. The molecule has 0 heterocycles. The number of hydrogen-bond acceptors (Lipinski definition) is 3. The second-order valence-corrected chi connectivity index (χ2v) is 6.81. The Morgan fingerprint density at radius 3 is 2.40 bits per heavy atom. The van der Waals surface area contributed by atoms with Gasteiger partial charge in [-0.05, 0) is 31.9 Å². The van der Waals surface area contributed by atoms with Crippen LogP contribution in [0.1, 0.15) is 36.7 Å². The van der Waals surface area contributed by atoms with Crippen molar-refractivity contribution in [1.29, 1.82) is 0 Å². The molecular formula is C14H22N2O3S. The van der Waals surface area contributed by atoms with Crippen molar-refractivity contribution in [2.24, 2.45) is 11.1 Å². The van der Waals surface area contributed by atoms with Crippen LogP contribution in [-0.4, -0.2) is 32.3 Å². The number of benzene rings is 1. The highest BCUT2D eigenvalue weighted by molar-refractivity contribution is 7.89. The van der Waals surface area contributed by atoms with Crippen molar-refractivity contribution in [1.82, 2.24) is 4.90 Å². The molecule has 0 atom stereocenters. The van der Waals surface area contributed by atoms with Gasteiger partial charge in [-0.2, -0.15) is 0 Å². The molecule has 112 valence electrons. The molecule has 0 radical (unpaired) electrons. The molecule has 0 aliphatic rings. The number of carbonyl (C=O) groups excluding carboxylic acids is 1. The lowest BCUT2D eigenvalue weighted by molar-refractivity contribution is 0.0742. The zero-order chi connectivity index (χ0) is 15.5. The lowest BCUT2D eigenvalue weighted by atomic mass is 10.1. The van der Waals surface area contributed by atoms with Gasteiger partial charge in [0.15, 0.2) is 0 Å². The van der Waals surface area contributed by atoms with Gasteiger partial charge in [-0.25, -0.2) is 13.6 Å². The van der Waals surface area contributed by atoms with E-state index in [1.165, 1.54) is 6.07 Å². The van der Waals surface area contributed by atoms with Crippen LogP contribution in [0, 0.1) is 12.8 Å². The molecule has 0 fully saturated rings. The maximum Gasteiger partial charge on any atom is 0.255 e. The smallest absolute Gasteiger partial charge is 0.255 e. The van der Waals surface area contributed by atoms with Gasteiger partial charge < -0.3 is 4.90 Å². The van der Waals surface area contributed by atoms with Crippen molar-refractivity contribution in [2.75, 3.05) is 13.1 Å². The quantitative estimate of drug-likeness (QED) is 0.899. The van der Waals surface area contributed by atoms with Gasteiger partial charge in [0.25, 0.3) is 5.91 Å². The Hall–Kier alpha value is -1.40. The van der Waals surface area contributed by atoms with E-state index in [2.05, 4.69) is 0 Å². The lowest BCUT2D eigenvalue weighted by Gasteiger charge is -2.24. The molecule has 0 spiro atoms. The molecule has 1 aromatic rings. The molecule has 0 aromatic heterocycles. The molecule has 5 nitrogen and oxygen atoms in total. The number of rotatable bonds is 5. The van der Waals surface area contributed by atoms with Crippen molar-refractivity contribution < 1.29 is 13.2 Å². The monoisotopic (exact) mass is 298 g/mol. The number of nitrogens with zero attached hydrogens (tertiary/aromatic N) is 1. The molecule has 0 aliphatic carbocycles. The normalized spacial score (nSPS) is 11.7. The highest BCUT2D eigenvalue weighted by atomic mass is 32.2. The summed E-state index contributed by atoms with van der Waals surface area (Å²) in [5.74, 6) is 0.00979. The first kappa shape index (κ1) is 16.7. The van der Waals surface area contributed by atoms with E-state index in [0.29, 0.717) is 19.0 Å². The lowest BCUT2D eigenvalue weighted by Crippen LogP contribution is -2.35. The van der Waals surface area contributed by atoms with Crippen molar-refractivity contribution >= 4 is 15.9 Å². The van der Waals surface area contributed by atoms with Gasteiger partial charge in [-0.15, -0.1) is 0 Å².